The van der Waals surface area contributed by atoms with Gasteiger partial charge in [0.25, 0.3) is 0 Å². The molecule has 100 valence electrons. The standard InChI is InChI=1S/C16H17FOS/c1-10-6-7-12(17)9-13(10)16(18)15-8-11-4-2-3-5-14(11)19-15/h6-9,16,18H,2-5H2,1H3. The number of benzene rings is 1. The van der Waals surface area contributed by atoms with Crippen molar-refractivity contribution in [3.05, 3.63) is 56.5 Å². The van der Waals surface area contributed by atoms with Gasteiger partial charge in [0, 0.05) is 9.75 Å². The van der Waals surface area contributed by atoms with Crippen LogP contribution < -0.4 is 0 Å². The Morgan fingerprint density at radius 1 is 1.21 bits per heavy atom. The van der Waals surface area contributed by atoms with Crippen LogP contribution in [0.3, 0.4) is 0 Å². The molecule has 0 fully saturated rings. The van der Waals surface area contributed by atoms with E-state index in [0.29, 0.717) is 5.56 Å². The van der Waals surface area contributed by atoms with E-state index in [-0.39, 0.29) is 5.82 Å². The first-order chi connectivity index (χ1) is 9.15. The summed E-state index contributed by atoms with van der Waals surface area (Å²) in [7, 11) is 0. The highest BCUT2D eigenvalue weighted by molar-refractivity contribution is 7.12. The summed E-state index contributed by atoms with van der Waals surface area (Å²) in [6.45, 7) is 1.91. The van der Waals surface area contributed by atoms with Crippen LogP contribution in [0.5, 0.6) is 0 Å². The van der Waals surface area contributed by atoms with Gasteiger partial charge in [-0.3, -0.25) is 0 Å². The van der Waals surface area contributed by atoms with E-state index in [1.165, 1.54) is 35.4 Å². The van der Waals surface area contributed by atoms with Crippen LogP contribution >= 0.6 is 11.3 Å². The molecule has 2 aromatic rings. The highest BCUT2D eigenvalue weighted by Gasteiger charge is 2.20. The molecule has 0 spiro atoms. The van der Waals surface area contributed by atoms with Crippen LogP contribution in [0.25, 0.3) is 0 Å². The molecule has 0 radical (unpaired) electrons. The maximum Gasteiger partial charge on any atom is 0.123 e. The van der Waals surface area contributed by atoms with Gasteiger partial charge in [-0.15, -0.1) is 11.3 Å². The summed E-state index contributed by atoms with van der Waals surface area (Å²) in [4.78, 5) is 2.34. The Hall–Kier alpha value is -1.19. The van der Waals surface area contributed by atoms with Crippen molar-refractivity contribution in [2.75, 3.05) is 0 Å². The Labute approximate surface area is 116 Å². The van der Waals surface area contributed by atoms with Crippen LogP contribution in [0.1, 0.15) is 45.4 Å². The van der Waals surface area contributed by atoms with E-state index < -0.39 is 6.10 Å². The van der Waals surface area contributed by atoms with E-state index in [2.05, 4.69) is 6.07 Å². The van der Waals surface area contributed by atoms with Crippen molar-refractivity contribution in [2.24, 2.45) is 0 Å². The van der Waals surface area contributed by atoms with Crippen LogP contribution in [-0.4, -0.2) is 5.11 Å². The molecule has 1 aromatic heterocycles. The second-order valence-corrected chi connectivity index (χ2v) is 6.38. The molecular weight excluding hydrogens is 259 g/mol. The number of hydrogen-bond acceptors (Lipinski definition) is 2. The van der Waals surface area contributed by atoms with Crippen LogP contribution in [-0.2, 0) is 12.8 Å². The fourth-order valence-corrected chi connectivity index (χ4v) is 3.97. The van der Waals surface area contributed by atoms with E-state index in [9.17, 15) is 9.50 Å². The molecule has 1 atom stereocenters. The van der Waals surface area contributed by atoms with Crippen molar-refractivity contribution in [3.8, 4) is 0 Å². The third-order valence-corrected chi connectivity index (χ3v) is 5.11. The van der Waals surface area contributed by atoms with Gasteiger partial charge in [-0.05, 0) is 67.5 Å². The zero-order valence-corrected chi connectivity index (χ0v) is 11.8. The first kappa shape index (κ1) is 12.8. The fraction of sp³-hybridized carbons (Fsp3) is 0.375. The molecular formula is C16H17FOS. The Balaban J connectivity index is 1.97. The number of fused-ring (bicyclic) bond motifs is 1. The molecule has 1 unspecified atom stereocenters. The van der Waals surface area contributed by atoms with Crippen LogP contribution in [0.4, 0.5) is 4.39 Å². The monoisotopic (exact) mass is 276 g/mol. The van der Waals surface area contributed by atoms with E-state index in [0.717, 1.165) is 23.3 Å². The van der Waals surface area contributed by atoms with Gasteiger partial charge < -0.3 is 5.11 Å². The van der Waals surface area contributed by atoms with Gasteiger partial charge in [-0.25, -0.2) is 4.39 Å². The maximum absolute atomic E-state index is 13.3. The minimum absolute atomic E-state index is 0.291. The van der Waals surface area contributed by atoms with Gasteiger partial charge in [0.05, 0.1) is 0 Å². The maximum atomic E-state index is 13.3. The summed E-state index contributed by atoms with van der Waals surface area (Å²) in [6.07, 6.45) is 4.00. The zero-order chi connectivity index (χ0) is 13.4. The van der Waals surface area contributed by atoms with Crippen molar-refractivity contribution in [3.63, 3.8) is 0 Å². The summed E-state index contributed by atoms with van der Waals surface area (Å²) >= 11 is 1.68. The van der Waals surface area contributed by atoms with Crippen LogP contribution in [0.2, 0.25) is 0 Å². The lowest BCUT2D eigenvalue weighted by Crippen LogP contribution is -2.00. The highest BCUT2D eigenvalue weighted by Crippen LogP contribution is 2.36. The third kappa shape index (κ3) is 2.45. The Morgan fingerprint density at radius 2 is 2.00 bits per heavy atom. The molecule has 0 saturated carbocycles. The van der Waals surface area contributed by atoms with E-state index >= 15 is 0 Å². The second kappa shape index (κ2) is 5.06. The third-order valence-electron chi connectivity index (χ3n) is 3.82. The molecule has 0 amide bonds. The smallest absolute Gasteiger partial charge is 0.123 e. The number of aliphatic hydroxyl groups is 1. The SMILES string of the molecule is Cc1ccc(F)cc1C(O)c1cc2c(s1)CCCC2. The first-order valence-electron chi connectivity index (χ1n) is 6.71. The molecule has 19 heavy (non-hydrogen) atoms. The van der Waals surface area contributed by atoms with Crippen molar-refractivity contribution >= 4 is 11.3 Å². The minimum Gasteiger partial charge on any atom is -0.383 e. The Bertz CT molecular complexity index is 579. The summed E-state index contributed by atoms with van der Waals surface area (Å²) in [5, 5.41) is 10.5. The molecule has 1 aromatic carbocycles. The van der Waals surface area contributed by atoms with Gasteiger partial charge >= 0.3 is 0 Å². The number of aryl methyl sites for hydroxylation is 3. The van der Waals surface area contributed by atoms with Gasteiger partial charge in [-0.1, -0.05) is 6.07 Å². The molecule has 1 aliphatic carbocycles. The minimum atomic E-state index is -0.703. The number of halogens is 1. The highest BCUT2D eigenvalue weighted by atomic mass is 32.1. The number of thiophene rings is 1. The Kier molecular flexibility index (Phi) is 3.42. The average Bonchev–Trinajstić information content (AvgIpc) is 2.84. The van der Waals surface area contributed by atoms with Gasteiger partial charge in [-0.2, -0.15) is 0 Å². The summed E-state index contributed by atoms with van der Waals surface area (Å²) in [6, 6.07) is 6.71. The predicted molar refractivity (Wildman–Crippen MR) is 76.2 cm³/mol. The van der Waals surface area contributed by atoms with Gasteiger partial charge in [0.15, 0.2) is 0 Å². The quantitative estimate of drug-likeness (QED) is 0.873. The van der Waals surface area contributed by atoms with E-state index in [1.54, 1.807) is 17.4 Å². The first-order valence-corrected chi connectivity index (χ1v) is 7.52. The lowest BCUT2D eigenvalue weighted by molar-refractivity contribution is 0.223. The van der Waals surface area contributed by atoms with Crippen LogP contribution in [0, 0.1) is 12.7 Å². The molecule has 3 rings (SSSR count). The molecule has 0 bridgehead atoms. The number of rotatable bonds is 2. The van der Waals surface area contributed by atoms with Crippen molar-refractivity contribution < 1.29 is 9.50 Å². The van der Waals surface area contributed by atoms with Gasteiger partial charge in [0.1, 0.15) is 11.9 Å². The summed E-state index contributed by atoms with van der Waals surface area (Å²) in [5.74, 6) is -0.291. The molecule has 1 N–H and O–H groups in total. The topological polar surface area (TPSA) is 20.2 Å². The van der Waals surface area contributed by atoms with E-state index in [4.69, 9.17) is 0 Å². The van der Waals surface area contributed by atoms with Crippen molar-refractivity contribution in [1.29, 1.82) is 0 Å². The largest absolute Gasteiger partial charge is 0.383 e. The normalized spacial score (nSPS) is 16.2. The molecule has 1 heterocycles. The lowest BCUT2D eigenvalue weighted by atomic mass is 9.97. The molecule has 0 saturated heterocycles. The van der Waals surface area contributed by atoms with Crippen molar-refractivity contribution in [1.82, 2.24) is 0 Å². The second-order valence-electron chi connectivity index (χ2n) is 5.21. The number of aliphatic hydroxyl groups excluding tert-OH is 1. The average molecular weight is 276 g/mol. The summed E-state index contributed by atoms with van der Waals surface area (Å²) in [5.41, 5.74) is 2.98. The molecule has 1 nitrogen and oxygen atoms in total. The summed E-state index contributed by atoms with van der Waals surface area (Å²) < 4.78 is 13.3. The lowest BCUT2D eigenvalue weighted by Gasteiger charge is -2.12. The van der Waals surface area contributed by atoms with Crippen molar-refractivity contribution in [2.45, 2.75) is 38.7 Å². The molecule has 1 aliphatic rings. The fourth-order valence-electron chi connectivity index (χ4n) is 2.71. The van der Waals surface area contributed by atoms with E-state index in [1.807, 2.05) is 6.92 Å². The zero-order valence-electron chi connectivity index (χ0n) is 10.9. The molecule has 3 heteroatoms. The number of hydrogen-bond donors (Lipinski definition) is 1. The van der Waals surface area contributed by atoms with Crippen LogP contribution in [0.15, 0.2) is 24.3 Å². The van der Waals surface area contributed by atoms with Gasteiger partial charge in [0.2, 0.25) is 0 Å². The Morgan fingerprint density at radius 3 is 2.79 bits per heavy atom. The predicted octanol–water partition coefficient (Wildman–Crippen LogP) is 4.16. The molecule has 0 aliphatic heterocycles.